The average Bonchev–Trinajstić information content (AvgIpc) is 3.11. The number of hydrazone groups is 1. The first-order valence-corrected chi connectivity index (χ1v) is 8.54. The molecule has 1 aliphatic heterocycles. The van der Waals surface area contributed by atoms with Crippen LogP contribution >= 0.6 is 11.6 Å². The van der Waals surface area contributed by atoms with Crippen LogP contribution in [0.4, 0.5) is 0 Å². The highest BCUT2D eigenvalue weighted by atomic mass is 35.5. The minimum Gasteiger partial charge on any atom is -0.332 e. The Morgan fingerprint density at radius 3 is 2.67 bits per heavy atom. The molecule has 1 heterocycles. The van der Waals surface area contributed by atoms with E-state index in [0.29, 0.717) is 13.1 Å². The Hall–Kier alpha value is -2.17. The summed E-state index contributed by atoms with van der Waals surface area (Å²) in [5.41, 5.74) is 3.10. The quantitative estimate of drug-likeness (QED) is 0.892. The maximum absolute atomic E-state index is 12.4. The Morgan fingerprint density at radius 2 is 1.92 bits per heavy atom. The fraction of sp³-hybridized carbons (Fsp3) is 0.263. The van der Waals surface area contributed by atoms with Crippen molar-refractivity contribution in [2.75, 3.05) is 13.1 Å². The predicted octanol–water partition coefficient (Wildman–Crippen LogP) is 2.60. The van der Waals surface area contributed by atoms with Crippen LogP contribution in [0.1, 0.15) is 30.5 Å². The summed E-state index contributed by atoms with van der Waals surface area (Å²) < 4.78 is 0. The molecule has 4 nitrogen and oxygen atoms in total. The summed E-state index contributed by atoms with van der Waals surface area (Å²) >= 11 is 6.21. The normalized spacial score (nSPS) is 15.2. The highest BCUT2D eigenvalue weighted by Crippen LogP contribution is 2.19. The van der Waals surface area contributed by atoms with Crippen molar-refractivity contribution >= 4 is 23.2 Å². The van der Waals surface area contributed by atoms with Crippen LogP contribution < -0.4 is 5.32 Å². The van der Waals surface area contributed by atoms with E-state index in [4.69, 9.17) is 11.6 Å². The van der Waals surface area contributed by atoms with E-state index in [1.165, 1.54) is 0 Å². The van der Waals surface area contributed by atoms with E-state index in [1.807, 2.05) is 59.9 Å². The molecule has 0 aromatic heterocycles. The summed E-state index contributed by atoms with van der Waals surface area (Å²) in [6.07, 6.45) is 0.801. The molecule has 0 spiro atoms. The van der Waals surface area contributed by atoms with Gasteiger partial charge in [-0.1, -0.05) is 60.1 Å². The van der Waals surface area contributed by atoms with E-state index in [2.05, 4.69) is 12.0 Å². The number of rotatable bonds is 5. The topological polar surface area (TPSA) is 49.3 Å². The number of benzene rings is 2. The number of hydrogen-bond donors (Lipinski definition) is 1. The van der Waals surface area contributed by atoms with Crippen molar-refractivity contribution in [3.8, 4) is 0 Å². The van der Waals surface area contributed by atoms with Gasteiger partial charge in [-0.15, -0.1) is 0 Å². The second-order valence-electron chi connectivity index (χ2n) is 5.93. The molecule has 124 valence electrons. The summed E-state index contributed by atoms with van der Waals surface area (Å²) in [6, 6.07) is 17.9. The van der Waals surface area contributed by atoms with Crippen LogP contribution in [0, 0.1) is 0 Å². The average molecular weight is 343 g/mol. The van der Waals surface area contributed by atoms with E-state index < -0.39 is 0 Å². The lowest BCUT2D eigenvalue weighted by molar-refractivity contribution is -0.683. The van der Waals surface area contributed by atoms with Gasteiger partial charge in [0.05, 0.1) is 12.3 Å². The smallest absolute Gasteiger partial charge is 0.297 e. The molecule has 0 saturated heterocycles. The lowest BCUT2D eigenvalue weighted by Gasteiger charge is -2.14. The van der Waals surface area contributed by atoms with Gasteiger partial charge in [0, 0.05) is 17.0 Å². The molecule has 0 bridgehead atoms. The fourth-order valence-corrected chi connectivity index (χ4v) is 3.13. The van der Waals surface area contributed by atoms with Gasteiger partial charge in [-0.3, -0.25) is 4.79 Å². The molecule has 2 N–H and O–H groups in total. The fourth-order valence-electron chi connectivity index (χ4n) is 2.82. The molecule has 0 radical (unpaired) electrons. The molecule has 0 fully saturated rings. The molecule has 1 amide bonds. The predicted molar refractivity (Wildman–Crippen MR) is 96.0 cm³/mol. The molecule has 3 rings (SSSR count). The highest BCUT2D eigenvalue weighted by Gasteiger charge is 2.23. The van der Waals surface area contributed by atoms with Crippen LogP contribution in [0.5, 0.6) is 0 Å². The lowest BCUT2D eigenvalue weighted by atomic mass is 10.1. The highest BCUT2D eigenvalue weighted by molar-refractivity contribution is 6.31. The van der Waals surface area contributed by atoms with E-state index in [1.54, 1.807) is 5.01 Å². The summed E-state index contributed by atoms with van der Waals surface area (Å²) in [5.74, 6) is 0.0276. The number of quaternary nitrogens is 1. The number of nitrogens with two attached hydrogens (primary N) is 1. The second-order valence-corrected chi connectivity index (χ2v) is 6.34. The van der Waals surface area contributed by atoms with Crippen LogP contribution in [0.15, 0.2) is 59.7 Å². The number of hydrogen-bond acceptors (Lipinski definition) is 2. The van der Waals surface area contributed by atoms with Crippen molar-refractivity contribution in [3.63, 3.8) is 0 Å². The van der Waals surface area contributed by atoms with Crippen molar-refractivity contribution in [3.05, 3.63) is 70.7 Å². The molecule has 0 unspecified atom stereocenters. The number of amides is 1. The SMILES string of the molecule is C[C@@H]([NH2+]CC(=O)N1CCC(c2ccccc2)=N1)c1ccccc1Cl. The first-order valence-electron chi connectivity index (χ1n) is 8.16. The van der Waals surface area contributed by atoms with Crippen LogP contribution in [0.3, 0.4) is 0 Å². The third-order valence-corrected chi connectivity index (χ3v) is 4.58. The van der Waals surface area contributed by atoms with Crippen molar-refractivity contribution in [2.24, 2.45) is 5.10 Å². The molecule has 0 saturated carbocycles. The Labute approximate surface area is 147 Å². The van der Waals surface area contributed by atoms with Crippen molar-refractivity contribution in [1.82, 2.24) is 5.01 Å². The minimum atomic E-state index is 0.0276. The van der Waals surface area contributed by atoms with E-state index >= 15 is 0 Å². The molecule has 1 atom stereocenters. The summed E-state index contributed by atoms with van der Waals surface area (Å²) in [5, 5.41) is 8.80. The van der Waals surface area contributed by atoms with Crippen LogP contribution in [-0.4, -0.2) is 29.7 Å². The summed E-state index contributed by atoms with van der Waals surface area (Å²) in [7, 11) is 0. The zero-order valence-corrected chi connectivity index (χ0v) is 14.4. The van der Waals surface area contributed by atoms with Crippen LogP contribution in [-0.2, 0) is 4.79 Å². The molecule has 24 heavy (non-hydrogen) atoms. The number of nitrogens with zero attached hydrogens (tertiary/aromatic N) is 2. The van der Waals surface area contributed by atoms with Crippen molar-refractivity contribution in [2.45, 2.75) is 19.4 Å². The maximum Gasteiger partial charge on any atom is 0.297 e. The van der Waals surface area contributed by atoms with E-state index in [-0.39, 0.29) is 11.9 Å². The van der Waals surface area contributed by atoms with Gasteiger partial charge in [-0.05, 0) is 18.6 Å². The minimum absolute atomic E-state index is 0.0276. The third kappa shape index (κ3) is 3.83. The molecule has 2 aromatic carbocycles. The molecular weight excluding hydrogens is 322 g/mol. The molecule has 2 aromatic rings. The Bertz CT molecular complexity index is 745. The van der Waals surface area contributed by atoms with E-state index in [9.17, 15) is 4.79 Å². The van der Waals surface area contributed by atoms with Gasteiger partial charge in [-0.2, -0.15) is 5.10 Å². The van der Waals surface area contributed by atoms with Gasteiger partial charge in [0.2, 0.25) is 0 Å². The van der Waals surface area contributed by atoms with Crippen molar-refractivity contribution in [1.29, 1.82) is 0 Å². The Kier molecular flexibility index (Phi) is 5.28. The van der Waals surface area contributed by atoms with Crippen molar-refractivity contribution < 1.29 is 10.1 Å². The van der Waals surface area contributed by atoms with E-state index in [0.717, 1.165) is 28.3 Å². The second kappa shape index (κ2) is 7.60. The Morgan fingerprint density at radius 1 is 1.21 bits per heavy atom. The molecular formula is C19H21ClN3O+. The summed E-state index contributed by atoms with van der Waals surface area (Å²) in [6.45, 7) is 3.06. The first kappa shape index (κ1) is 16.7. The number of halogens is 1. The first-order chi connectivity index (χ1) is 11.6. The zero-order chi connectivity index (χ0) is 16.9. The van der Waals surface area contributed by atoms with Gasteiger partial charge < -0.3 is 5.32 Å². The third-order valence-electron chi connectivity index (χ3n) is 4.24. The molecule has 0 aliphatic carbocycles. The number of carbonyl (C=O) groups is 1. The molecule has 5 heteroatoms. The monoisotopic (exact) mass is 342 g/mol. The Balaban J connectivity index is 1.58. The van der Waals surface area contributed by atoms with Crippen LogP contribution in [0.25, 0.3) is 0 Å². The summed E-state index contributed by atoms with van der Waals surface area (Å²) in [4.78, 5) is 12.4. The zero-order valence-electron chi connectivity index (χ0n) is 13.7. The maximum atomic E-state index is 12.4. The van der Waals surface area contributed by atoms with Crippen LogP contribution in [0.2, 0.25) is 5.02 Å². The van der Waals surface area contributed by atoms with Gasteiger partial charge in [0.1, 0.15) is 6.04 Å². The standard InChI is InChI=1S/C19H20ClN3O/c1-14(16-9-5-6-10-17(16)20)21-13-19(24)23-12-11-18(22-23)15-7-3-2-4-8-15/h2-10,14,21H,11-13H2,1H3/p+1/t14-/m1/s1. The number of carbonyl (C=O) groups excluding carboxylic acids is 1. The van der Waals surface area contributed by atoms with Gasteiger partial charge in [0.15, 0.2) is 6.54 Å². The lowest BCUT2D eigenvalue weighted by Crippen LogP contribution is -2.86. The van der Waals surface area contributed by atoms with Gasteiger partial charge in [0.25, 0.3) is 5.91 Å². The largest absolute Gasteiger partial charge is 0.332 e. The van der Waals surface area contributed by atoms with Gasteiger partial charge >= 0.3 is 0 Å². The molecule has 1 aliphatic rings. The van der Waals surface area contributed by atoms with Gasteiger partial charge in [-0.25, -0.2) is 5.01 Å².